The summed E-state index contributed by atoms with van der Waals surface area (Å²) in [6.07, 6.45) is 4.25. The summed E-state index contributed by atoms with van der Waals surface area (Å²) in [6, 6.07) is 11.3. The minimum atomic E-state index is -0.691. The highest BCUT2D eigenvalue weighted by atomic mass is 16.5. The van der Waals surface area contributed by atoms with Gasteiger partial charge in [0.1, 0.15) is 18.1 Å². The standard InChI is InChI=1S/C23H20N8O4/c1-34-17-10-13(9-15-16(32)11-35-19(15)17)18(28-14-5-3-12(4-6-14)20(24)25)21-29-23(33)31(30-21)22-26-7-2-8-27-22/h2-11,18,28,32H,1H3,(H3,24,25)(H,29,30,33). The lowest BCUT2D eigenvalue weighted by molar-refractivity contribution is 0.409. The van der Waals surface area contributed by atoms with Crippen LogP contribution in [0.1, 0.15) is 23.0 Å². The topological polar surface area (TPSA) is 181 Å². The number of H-pyrrole nitrogens is 1. The first-order chi connectivity index (χ1) is 16.9. The van der Waals surface area contributed by atoms with Crippen LogP contribution in [0, 0.1) is 5.41 Å². The van der Waals surface area contributed by atoms with Crippen molar-refractivity contribution in [1.29, 1.82) is 5.41 Å². The Morgan fingerprint density at radius 2 is 2.00 bits per heavy atom. The van der Waals surface area contributed by atoms with Crippen molar-refractivity contribution in [3.8, 4) is 17.4 Å². The van der Waals surface area contributed by atoms with Crippen molar-refractivity contribution in [2.45, 2.75) is 6.04 Å². The van der Waals surface area contributed by atoms with Crippen LogP contribution in [0.3, 0.4) is 0 Å². The fraction of sp³-hybridized carbons (Fsp3) is 0.0870. The van der Waals surface area contributed by atoms with Crippen LogP contribution in [0.2, 0.25) is 0 Å². The van der Waals surface area contributed by atoms with Gasteiger partial charge in [-0.1, -0.05) is 0 Å². The van der Waals surface area contributed by atoms with Crippen molar-refractivity contribution in [1.82, 2.24) is 24.7 Å². The van der Waals surface area contributed by atoms with Crippen molar-refractivity contribution >= 4 is 22.5 Å². The molecule has 1 unspecified atom stereocenters. The second-order valence-corrected chi connectivity index (χ2v) is 7.57. The molecule has 0 amide bonds. The Hall–Kier alpha value is -5.13. The highest BCUT2D eigenvalue weighted by Gasteiger charge is 2.24. The van der Waals surface area contributed by atoms with E-state index >= 15 is 0 Å². The number of aromatic hydroxyl groups is 1. The van der Waals surface area contributed by atoms with Crippen LogP contribution in [-0.4, -0.2) is 42.8 Å². The maximum absolute atomic E-state index is 12.7. The number of amidine groups is 1. The van der Waals surface area contributed by atoms with Gasteiger partial charge in [-0.15, -0.1) is 9.78 Å². The average molecular weight is 472 g/mol. The molecular weight excluding hydrogens is 452 g/mol. The first-order valence-electron chi connectivity index (χ1n) is 10.4. The molecule has 3 heterocycles. The van der Waals surface area contributed by atoms with E-state index in [1.807, 2.05) is 0 Å². The van der Waals surface area contributed by atoms with Gasteiger partial charge in [0.05, 0.1) is 12.5 Å². The van der Waals surface area contributed by atoms with Gasteiger partial charge in [0.2, 0.25) is 0 Å². The van der Waals surface area contributed by atoms with Gasteiger partial charge in [-0.25, -0.2) is 14.8 Å². The number of hydrogen-bond donors (Lipinski definition) is 5. The molecule has 0 saturated carbocycles. The van der Waals surface area contributed by atoms with Crippen LogP contribution < -0.4 is 21.5 Å². The molecule has 0 aliphatic heterocycles. The molecule has 0 saturated heterocycles. The van der Waals surface area contributed by atoms with E-state index < -0.39 is 11.7 Å². The molecule has 1 atom stereocenters. The number of rotatable bonds is 7. The number of fused-ring (bicyclic) bond motifs is 1. The molecule has 0 spiro atoms. The number of aromatic nitrogens is 5. The normalized spacial score (nSPS) is 11.9. The minimum absolute atomic E-state index is 0.0512. The van der Waals surface area contributed by atoms with E-state index in [0.29, 0.717) is 33.5 Å². The molecule has 6 N–H and O–H groups in total. The van der Waals surface area contributed by atoms with E-state index in [9.17, 15) is 9.90 Å². The molecule has 0 bridgehead atoms. The summed E-state index contributed by atoms with van der Waals surface area (Å²) in [4.78, 5) is 23.7. The lowest BCUT2D eigenvalue weighted by Gasteiger charge is -2.19. The Balaban J connectivity index is 1.64. The zero-order valence-electron chi connectivity index (χ0n) is 18.4. The highest BCUT2D eigenvalue weighted by molar-refractivity contribution is 5.95. The fourth-order valence-electron chi connectivity index (χ4n) is 3.66. The molecule has 5 rings (SSSR count). The SMILES string of the molecule is COc1cc(C(Nc2ccc(C(=N)N)cc2)c2nn(-c3ncccn3)c(=O)[nH]2)cc2c(O)coc12. The van der Waals surface area contributed by atoms with Gasteiger partial charge in [-0.3, -0.25) is 10.4 Å². The number of hydrogen-bond acceptors (Lipinski definition) is 9. The summed E-state index contributed by atoms with van der Waals surface area (Å²) in [5, 5.41) is 26.1. The van der Waals surface area contributed by atoms with Gasteiger partial charge in [-0.2, -0.15) is 0 Å². The largest absolute Gasteiger partial charge is 0.504 e. The number of nitrogens with zero attached hydrogens (tertiary/aromatic N) is 4. The zero-order chi connectivity index (χ0) is 24.5. The van der Waals surface area contributed by atoms with Gasteiger partial charge in [0.25, 0.3) is 5.95 Å². The number of ether oxygens (including phenoxy) is 1. The summed E-state index contributed by atoms with van der Waals surface area (Å²) >= 11 is 0. The first kappa shape index (κ1) is 21.7. The summed E-state index contributed by atoms with van der Waals surface area (Å²) < 4.78 is 12.0. The lowest BCUT2D eigenvalue weighted by Crippen LogP contribution is -2.18. The molecule has 0 fully saturated rings. The zero-order valence-corrected chi connectivity index (χ0v) is 18.4. The Bertz CT molecular complexity index is 1570. The molecule has 5 aromatic rings. The number of aromatic amines is 1. The van der Waals surface area contributed by atoms with Crippen LogP contribution in [-0.2, 0) is 0 Å². The molecule has 0 aliphatic rings. The van der Waals surface area contributed by atoms with Crippen LogP contribution in [0.25, 0.3) is 16.9 Å². The van der Waals surface area contributed by atoms with Gasteiger partial charge < -0.3 is 25.3 Å². The number of methoxy groups -OCH3 is 1. The second-order valence-electron chi connectivity index (χ2n) is 7.57. The summed E-state index contributed by atoms with van der Waals surface area (Å²) in [7, 11) is 1.49. The van der Waals surface area contributed by atoms with Crippen molar-refractivity contribution in [2.75, 3.05) is 12.4 Å². The highest BCUT2D eigenvalue weighted by Crippen LogP contribution is 2.38. The van der Waals surface area contributed by atoms with Gasteiger partial charge >= 0.3 is 5.69 Å². The molecule has 35 heavy (non-hydrogen) atoms. The first-order valence-corrected chi connectivity index (χ1v) is 10.4. The van der Waals surface area contributed by atoms with E-state index in [1.54, 1.807) is 42.5 Å². The van der Waals surface area contributed by atoms with E-state index in [0.717, 1.165) is 4.68 Å². The molecule has 2 aromatic carbocycles. The molecule has 0 aliphatic carbocycles. The molecule has 0 radical (unpaired) electrons. The molecule has 176 valence electrons. The Morgan fingerprint density at radius 3 is 2.69 bits per heavy atom. The van der Waals surface area contributed by atoms with Crippen molar-refractivity contribution in [2.24, 2.45) is 5.73 Å². The van der Waals surface area contributed by atoms with Crippen LogP contribution >= 0.6 is 0 Å². The van der Waals surface area contributed by atoms with Gasteiger partial charge in [0, 0.05) is 23.6 Å². The second kappa shape index (κ2) is 8.67. The average Bonchev–Trinajstić information content (AvgIpc) is 3.45. The molecular formula is C23H20N8O4. The smallest absolute Gasteiger partial charge is 0.350 e. The predicted octanol–water partition coefficient (Wildman–Crippen LogP) is 2.30. The number of furan rings is 1. The molecule has 12 nitrogen and oxygen atoms in total. The van der Waals surface area contributed by atoms with Crippen LogP contribution in [0.5, 0.6) is 11.5 Å². The quantitative estimate of drug-likeness (QED) is 0.175. The summed E-state index contributed by atoms with van der Waals surface area (Å²) in [6.45, 7) is 0. The third kappa shape index (κ3) is 4.04. The van der Waals surface area contributed by atoms with Crippen LogP contribution in [0.15, 0.2) is 70.3 Å². The third-order valence-corrected chi connectivity index (χ3v) is 5.35. The Labute approximate surface area is 197 Å². The van der Waals surface area contributed by atoms with Crippen molar-refractivity contribution in [3.63, 3.8) is 0 Å². The Morgan fingerprint density at radius 1 is 1.26 bits per heavy atom. The van der Waals surface area contributed by atoms with E-state index in [4.69, 9.17) is 20.3 Å². The van der Waals surface area contributed by atoms with Gasteiger partial charge in [0.15, 0.2) is 22.9 Å². The maximum Gasteiger partial charge on any atom is 0.350 e. The monoisotopic (exact) mass is 472 g/mol. The predicted molar refractivity (Wildman–Crippen MR) is 127 cm³/mol. The number of nitrogens with two attached hydrogens (primary N) is 1. The van der Waals surface area contributed by atoms with Gasteiger partial charge in [-0.05, 0) is 48.0 Å². The number of nitrogens with one attached hydrogen (secondary N) is 3. The van der Waals surface area contributed by atoms with Crippen LogP contribution in [0.4, 0.5) is 5.69 Å². The minimum Gasteiger partial charge on any atom is -0.504 e. The maximum atomic E-state index is 12.7. The van der Waals surface area contributed by atoms with Crippen molar-refractivity contribution in [3.05, 3.63) is 88.6 Å². The number of nitrogen functional groups attached to an aromatic ring is 1. The third-order valence-electron chi connectivity index (χ3n) is 5.35. The van der Waals surface area contributed by atoms with E-state index in [2.05, 4.69) is 25.4 Å². The molecule has 12 heteroatoms. The number of benzene rings is 2. The summed E-state index contributed by atoms with van der Waals surface area (Å²) in [5.74, 6) is 0.670. The number of anilines is 1. The van der Waals surface area contributed by atoms with E-state index in [1.165, 1.54) is 25.8 Å². The summed E-state index contributed by atoms with van der Waals surface area (Å²) in [5.41, 5.74) is 7.28. The lowest BCUT2D eigenvalue weighted by atomic mass is 10.0. The van der Waals surface area contributed by atoms with E-state index in [-0.39, 0.29) is 23.4 Å². The Kier molecular flexibility index (Phi) is 5.37. The fourth-order valence-corrected chi connectivity index (χ4v) is 3.66. The van der Waals surface area contributed by atoms with Crippen molar-refractivity contribution < 1.29 is 14.3 Å². The molecule has 3 aromatic heterocycles.